The third kappa shape index (κ3) is 2.23. The fourth-order valence-corrected chi connectivity index (χ4v) is 2.81. The number of likely N-dealkylation sites (N-methyl/N-ethyl adjacent to an activating group) is 1. The van der Waals surface area contributed by atoms with E-state index in [4.69, 9.17) is 5.73 Å². The molecule has 102 valence electrons. The SMILES string of the molecule is CC1CN(C)CCCN1c1nc(N)cn2ccnc12. The number of aromatic nitrogens is 3. The van der Waals surface area contributed by atoms with Gasteiger partial charge in [0.25, 0.3) is 0 Å². The van der Waals surface area contributed by atoms with Crippen LogP contribution in [-0.4, -0.2) is 52.0 Å². The normalized spacial score (nSPS) is 21.8. The first-order valence-corrected chi connectivity index (χ1v) is 6.69. The van der Waals surface area contributed by atoms with Crippen molar-refractivity contribution in [2.45, 2.75) is 19.4 Å². The molecule has 0 bridgehead atoms. The largest absolute Gasteiger partial charge is 0.382 e. The lowest BCUT2D eigenvalue weighted by Crippen LogP contribution is -2.38. The van der Waals surface area contributed by atoms with Crippen LogP contribution in [0.5, 0.6) is 0 Å². The molecule has 1 saturated heterocycles. The first kappa shape index (κ1) is 12.2. The van der Waals surface area contributed by atoms with Crippen LogP contribution in [-0.2, 0) is 0 Å². The van der Waals surface area contributed by atoms with Crippen molar-refractivity contribution >= 4 is 17.3 Å². The summed E-state index contributed by atoms with van der Waals surface area (Å²) < 4.78 is 1.94. The van der Waals surface area contributed by atoms with Gasteiger partial charge in [0.15, 0.2) is 11.5 Å². The zero-order valence-corrected chi connectivity index (χ0v) is 11.5. The maximum Gasteiger partial charge on any atom is 0.180 e. The van der Waals surface area contributed by atoms with Gasteiger partial charge in [0.2, 0.25) is 0 Å². The minimum absolute atomic E-state index is 0.405. The van der Waals surface area contributed by atoms with Crippen molar-refractivity contribution in [3.63, 3.8) is 0 Å². The summed E-state index contributed by atoms with van der Waals surface area (Å²) in [6.07, 6.45) is 6.63. The van der Waals surface area contributed by atoms with E-state index in [0.717, 1.165) is 37.5 Å². The molecule has 2 aromatic rings. The number of fused-ring (bicyclic) bond motifs is 1. The number of hydrogen-bond acceptors (Lipinski definition) is 5. The molecule has 3 rings (SSSR count). The molecule has 0 amide bonds. The first-order chi connectivity index (χ1) is 9.15. The molecule has 2 aromatic heterocycles. The van der Waals surface area contributed by atoms with Crippen molar-refractivity contribution in [2.75, 3.05) is 37.3 Å². The van der Waals surface area contributed by atoms with Crippen molar-refractivity contribution in [2.24, 2.45) is 0 Å². The van der Waals surface area contributed by atoms with E-state index in [9.17, 15) is 0 Å². The van der Waals surface area contributed by atoms with Crippen molar-refractivity contribution < 1.29 is 0 Å². The lowest BCUT2D eigenvalue weighted by atomic mass is 10.2. The van der Waals surface area contributed by atoms with Gasteiger partial charge in [-0.1, -0.05) is 0 Å². The second kappa shape index (κ2) is 4.70. The summed E-state index contributed by atoms with van der Waals surface area (Å²) >= 11 is 0. The van der Waals surface area contributed by atoms with Crippen LogP contribution < -0.4 is 10.6 Å². The summed E-state index contributed by atoms with van der Waals surface area (Å²) in [6.45, 7) is 5.37. The Morgan fingerprint density at radius 1 is 1.37 bits per heavy atom. The molecule has 0 saturated carbocycles. The molecule has 1 aliphatic heterocycles. The minimum Gasteiger partial charge on any atom is -0.382 e. The minimum atomic E-state index is 0.405. The Hall–Kier alpha value is -1.82. The fraction of sp³-hybridized carbons (Fsp3) is 0.538. The molecule has 6 heteroatoms. The van der Waals surface area contributed by atoms with E-state index in [-0.39, 0.29) is 0 Å². The maximum atomic E-state index is 5.91. The molecule has 0 spiro atoms. The molecule has 6 nitrogen and oxygen atoms in total. The Balaban J connectivity index is 2.04. The van der Waals surface area contributed by atoms with Crippen molar-refractivity contribution in [1.29, 1.82) is 0 Å². The molecule has 0 aromatic carbocycles. The van der Waals surface area contributed by atoms with Gasteiger partial charge in [-0.15, -0.1) is 0 Å². The molecular weight excluding hydrogens is 240 g/mol. The van der Waals surface area contributed by atoms with Crippen LogP contribution in [0.25, 0.3) is 5.65 Å². The Labute approximate surface area is 112 Å². The van der Waals surface area contributed by atoms with Crippen molar-refractivity contribution in [1.82, 2.24) is 19.3 Å². The summed E-state index contributed by atoms with van der Waals surface area (Å²) in [5.74, 6) is 1.43. The topological polar surface area (TPSA) is 62.7 Å². The Morgan fingerprint density at radius 3 is 3.05 bits per heavy atom. The van der Waals surface area contributed by atoms with Crippen LogP contribution >= 0.6 is 0 Å². The summed E-state index contributed by atoms with van der Waals surface area (Å²) in [7, 11) is 2.16. The lowest BCUT2D eigenvalue weighted by Gasteiger charge is -2.29. The molecule has 1 fully saturated rings. The van der Waals surface area contributed by atoms with Gasteiger partial charge in [0, 0.05) is 31.5 Å². The molecular formula is C13H20N6. The molecule has 0 aliphatic carbocycles. The Bertz CT molecular complexity index is 578. The highest BCUT2D eigenvalue weighted by atomic mass is 15.3. The van der Waals surface area contributed by atoms with E-state index >= 15 is 0 Å². The van der Waals surface area contributed by atoms with Crippen LogP contribution in [0.4, 0.5) is 11.6 Å². The smallest absolute Gasteiger partial charge is 0.180 e. The van der Waals surface area contributed by atoms with E-state index in [0.29, 0.717) is 11.9 Å². The summed E-state index contributed by atoms with van der Waals surface area (Å²) in [6, 6.07) is 0.405. The molecule has 1 atom stereocenters. The highest BCUT2D eigenvalue weighted by molar-refractivity contribution is 5.66. The van der Waals surface area contributed by atoms with Crippen molar-refractivity contribution in [3.05, 3.63) is 18.6 Å². The molecule has 1 aliphatic rings. The van der Waals surface area contributed by atoms with Crippen LogP contribution in [0, 0.1) is 0 Å². The summed E-state index contributed by atoms with van der Waals surface area (Å²) in [5.41, 5.74) is 6.79. The number of imidazole rings is 1. The quantitative estimate of drug-likeness (QED) is 0.823. The standard InChI is InChI=1S/C13H20N6/c1-10-8-17(2)5-3-6-19(10)13-12-15-4-7-18(12)9-11(14)16-13/h4,7,9-10H,3,5-6,8,14H2,1-2H3. The van der Waals surface area contributed by atoms with Gasteiger partial charge in [-0.25, -0.2) is 9.97 Å². The predicted octanol–water partition coefficient (Wildman–Crippen LogP) is 0.842. The monoisotopic (exact) mass is 260 g/mol. The highest BCUT2D eigenvalue weighted by Gasteiger charge is 2.23. The molecule has 19 heavy (non-hydrogen) atoms. The van der Waals surface area contributed by atoms with E-state index < -0.39 is 0 Å². The van der Waals surface area contributed by atoms with Crippen LogP contribution in [0.1, 0.15) is 13.3 Å². The average Bonchev–Trinajstić information content (AvgIpc) is 2.74. The van der Waals surface area contributed by atoms with E-state index in [1.165, 1.54) is 0 Å². The average molecular weight is 260 g/mol. The summed E-state index contributed by atoms with van der Waals surface area (Å²) in [4.78, 5) is 13.6. The number of nitrogens with zero attached hydrogens (tertiary/aromatic N) is 5. The zero-order chi connectivity index (χ0) is 13.4. The molecule has 3 heterocycles. The Morgan fingerprint density at radius 2 is 2.21 bits per heavy atom. The number of anilines is 2. The van der Waals surface area contributed by atoms with Gasteiger partial charge in [-0.3, -0.25) is 0 Å². The van der Waals surface area contributed by atoms with Gasteiger partial charge in [-0.05, 0) is 26.9 Å². The maximum absolute atomic E-state index is 5.91. The van der Waals surface area contributed by atoms with Gasteiger partial charge in [0.1, 0.15) is 5.82 Å². The van der Waals surface area contributed by atoms with E-state index in [1.807, 2.05) is 10.6 Å². The highest BCUT2D eigenvalue weighted by Crippen LogP contribution is 2.23. The second-order valence-electron chi connectivity index (χ2n) is 5.31. The second-order valence-corrected chi connectivity index (χ2v) is 5.31. The van der Waals surface area contributed by atoms with Crippen LogP contribution in [0.2, 0.25) is 0 Å². The van der Waals surface area contributed by atoms with E-state index in [2.05, 4.69) is 33.7 Å². The van der Waals surface area contributed by atoms with Crippen molar-refractivity contribution in [3.8, 4) is 0 Å². The number of rotatable bonds is 1. The Kier molecular flexibility index (Phi) is 3.02. The number of nitrogen functional groups attached to an aromatic ring is 1. The van der Waals surface area contributed by atoms with E-state index in [1.54, 1.807) is 12.4 Å². The van der Waals surface area contributed by atoms with Gasteiger partial charge in [0.05, 0.1) is 6.20 Å². The third-order valence-electron chi connectivity index (χ3n) is 3.69. The van der Waals surface area contributed by atoms with Gasteiger partial charge >= 0.3 is 0 Å². The third-order valence-corrected chi connectivity index (χ3v) is 3.69. The fourth-order valence-electron chi connectivity index (χ4n) is 2.81. The van der Waals surface area contributed by atoms with Gasteiger partial charge in [-0.2, -0.15) is 0 Å². The molecule has 0 radical (unpaired) electrons. The van der Waals surface area contributed by atoms with Crippen LogP contribution in [0.3, 0.4) is 0 Å². The molecule has 2 N–H and O–H groups in total. The summed E-state index contributed by atoms with van der Waals surface area (Å²) in [5, 5.41) is 0. The number of nitrogens with two attached hydrogens (primary N) is 1. The lowest BCUT2D eigenvalue weighted by molar-refractivity contribution is 0.337. The first-order valence-electron chi connectivity index (χ1n) is 6.69. The predicted molar refractivity (Wildman–Crippen MR) is 76.3 cm³/mol. The number of hydrogen-bond donors (Lipinski definition) is 1. The van der Waals surface area contributed by atoms with Gasteiger partial charge < -0.3 is 19.9 Å². The van der Waals surface area contributed by atoms with Crippen LogP contribution in [0.15, 0.2) is 18.6 Å². The molecule has 1 unspecified atom stereocenters. The zero-order valence-electron chi connectivity index (χ0n) is 11.5.